The average molecular weight is 408 g/mol. The highest BCUT2D eigenvalue weighted by atomic mass is 35.5. The number of nitrogens with one attached hydrogen (secondary N) is 2. The fourth-order valence-corrected chi connectivity index (χ4v) is 6.09. The van der Waals surface area contributed by atoms with Gasteiger partial charge >= 0.3 is 0 Å². The van der Waals surface area contributed by atoms with Crippen LogP contribution in [0.5, 0.6) is 0 Å². The summed E-state index contributed by atoms with van der Waals surface area (Å²) in [6, 6.07) is 12.1. The van der Waals surface area contributed by atoms with Crippen LogP contribution in [-0.2, 0) is 11.0 Å². The van der Waals surface area contributed by atoms with E-state index in [1.807, 2.05) is 12.1 Å². The molecule has 27 heavy (non-hydrogen) atoms. The van der Waals surface area contributed by atoms with Crippen LogP contribution in [0.3, 0.4) is 0 Å². The Kier molecular flexibility index (Phi) is 5.80. The molecular formula is C19H20ClFN3O2P. The van der Waals surface area contributed by atoms with Crippen molar-refractivity contribution in [3.8, 4) is 0 Å². The van der Waals surface area contributed by atoms with Crippen molar-refractivity contribution in [1.82, 2.24) is 15.5 Å². The summed E-state index contributed by atoms with van der Waals surface area (Å²) in [5, 5.41) is 11.5. The predicted molar refractivity (Wildman–Crippen MR) is 109 cm³/mol. The summed E-state index contributed by atoms with van der Waals surface area (Å²) in [6.45, 7) is 1.29. The maximum Gasteiger partial charge on any atom is 0.272 e. The molecule has 0 radical (unpaired) electrons. The number of benzene rings is 2. The first-order valence-corrected chi connectivity index (χ1v) is 10.7. The second-order valence-corrected chi connectivity index (χ2v) is 9.75. The molecule has 5 nitrogen and oxygen atoms in total. The topological polar surface area (TPSA) is 74.8 Å². The van der Waals surface area contributed by atoms with Gasteiger partial charge in [0.05, 0.1) is 11.1 Å². The lowest BCUT2D eigenvalue weighted by atomic mass is 10.0. The number of aromatic nitrogens is 2. The van der Waals surface area contributed by atoms with Gasteiger partial charge in [0.15, 0.2) is 0 Å². The lowest BCUT2D eigenvalue weighted by molar-refractivity contribution is 0.565. The van der Waals surface area contributed by atoms with E-state index in [9.17, 15) is 13.8 Å². The smallest absolute Gasteiger partial charge is 0.272 e. The second-order valence-electron chi connectivity index (χ2n) is 6.59. The number of nitrogens with zero attached hydrogens (tertiary/aromatic N) is 1. The largest absolute Gasteiger partial charge is 0.318 e. The van der Waals surface area contributed by atoms with E-state index in [1.54, 1.807) is 24.3 Å². The molecule has 8 heteroatoms. The number of halogens is 2. The summed E-state index contributed by atoms with van der Waals surface area (Å²) in [4.78, 5) is 11.9. The van der Waals surface area contributed by atoms with Crippen LogP contribution in [0.2, 0.25) is 0 Å². The Morgan fingerprint density at radius 3 is 2.52 bits per heavy atom. The van der Waals surface area contributed by atoms with Crippen LogP contribution < -0.4 is 16.2 Å². The lowest BCUT2D eigenvalue weighted by Gasteiger charge is -2.24. The van der Waals surface area contributed by atoms with Gasteiger partial charge in [-0.2, -0.15) is 5.10 Å². The lowest BCUT2D eigenvalue weighted by Crippen LogP contribution is -2.33. The zero-order valence-corrected chi connectivity index (χ0v) is 16.3. The number of H-pyrrole nitrogens is 1. The Morgan fingerprint density at radius 1 is 1.07 bits per heavy atom. The Bertz CT molecular complexity index is 1080. The molecule has 1 aliphatic rings. The first kappa shape index (κ1) is 19.7. The van der Waals surface area contributed by atoms with Crippen molar-refractivity contribution in [3.05, 3.63) is 69.9 Å². The Hall–Kier alpha value is -2.01. The summed E-state index contributed by atoms with van der Waals surface area (Å²) in [5.74, 6) is -0.404. The van der Waals surface area contributed by atoms with Gasteiger partial charge in [-0.05, 0) is 23.8 Å². The van der Waals surface area contributed by atoms with Crippen LogP contribution in [0, 0.1) is 5.82 Å². The monoisotopic (exact) mass is 407 g/mol. The number of aromatic amines is 1. The molecule has 4 rings (SSSR count). The van der Waals surface area contributed by atoms with Gasteiger partial charge in [-0.15, -0.1) is 12.4 Å². The van der Waals surface area contributed by atoms with E-state index in [0.717, 1.165) is 10.9 Å². The highest BCUT2D eigenvalue weighted by molar-refractivity contribution is 7.71. The molecule has 2 aromatic carbocycles. The van der Waals surface area contributed by atoms with Crippen LogP contribution in [0.15, 0.2) is 47.3 Å². The molecular weight excluding hydrogens is 388 g/mol. The van der Waals surface area contributed by atoms with Gasteiger partial charge in [0.1, 0.15) is 13.0 Å². The first-order chi connectivity index (χ1) is 12.6. The zero-order valence-electron chi connectivity index (χ0n) is 14.6. The van der Waals surface area contributed by atoms with Gasteiger partial charge < -0.3 is 9.88 Å². The number of hydrogen-bond donors (Lipinski definition) is 2. The summed E-state index contributed by atoms with van der Waals surface area (Å²) in [5.41, 5.74) is 1.31. The SMILES string of the molecule is Cl.O=c1[nH]nc(Cc2ccc(F)c(P3(=O)CCNCC3)c2)c2ccccc12. The van der Waals surface area contributed by atoms with Crippen molar-refractivity contribution in [2.24, 2.45) is 0 Å². The maximum absolute atomic E-state index is 14.4. The Balaban J connectivity index is 0.00000210. The summed E-state index contributed by atoms with van der Waals surface area (Å²) in [7, 11) is -2.71. The maximum atomic E-state index is 14.4. The van der Waals surface area contributed by atoms with E-state index in [4.69, 9.17) is 0 Å². The third-order valence-electron chi connectivity index (χ3n) is 4.90. The molecule has 2 N–H and O–H groups in total. The summed E-state index contributed by atoms with van der Waals surface area (Å²) >= 11 is 0. The Labute approximate surface area is 162 Å². The average Bonchev–Trinajstić information content (AvgIpc) is 2.66. The third-order valence-corrected chi connectivity index (χ3v) is 8.01. The third kappa shape index (κ3) is 3.84. The molecule has 0 aliphatic carbocycles. The van der Waals surface area contributed by atoms with Gasteiger partial charge in [-0.25, -0.2) is 9.49 Å². The van der Waals surface area contributed by atoms with Crippen molar-refractivity contribution < 1.29 is 8.96 Å². The van der Waals surface area contributed by atoms with Crippen molar-refractivity contribution in [2.75, 3.05) is 25.4 Å². The minimum atomic E-state index is -2.71. The highest BCUT2D eigenvalue weighted by Gasteiger charge is 2.30. The fourth-order valence-electron chi connectivity index (χ4n) is 3.48. The molecule has 1 aromatic heterocycles. The quantitative estimate of drug-likeness (QED) is 0.655. The van der Waals surface area contributed by atoms with E-state index in [2.05, 4.69) is 15.5 Å². The molecule has 0 spiro atoms. The normalized spacial score (nSPS) is 16.0. The van der Waals surface area contributed by atoms with E-state index in [0.29, 0.717) is 48.2 Å². The molecule has 0 bridgehead atoms. The fraction of sp³-hybridized carbons (Fsp3) is 0.263. The van der Waals surface area contributed by atoms with Crippen LogP contribution in [0.1, 0.15) is 11.3 Å². The minimum absolute atomic E-state index is 0. The van der Waals surface area contributed by atoms with Crippen molar-refractivity contribution >= 4 is 35.6 Å². The molecule has 142 valence electrons. The van der Waals surface area contributed by atoms with E-state index >= 15 is 0 Å². The van der Waals surface area contributed by atoms with Gasteiger partial charge in [0.25, 0.3) is 5.56 Å². The molecule has 0 amide bonds. The van der Waals surface area contributed by atoms with Gasteiger partial charge in [-0.3, -0.25) is 4.79 Å². The van der Waals surface area contributed by atoms with Crippen molar-refractivity contribution in [2.45, 2.75) is 6.42 Å². The van der Waals surface area contributed by atoms with E-state index < -0.39 is 13.0 Å². The number of rotatable bonds is 3. The Morgan fingerprint density at radius 2 is 1.78 bits per heavy atom. The molecule has 0 atom stereocenters. The molecule has 0 unspecified atom stereocenters. The molecule has 3 aromatic rings. The molecule has 1 aliphatic heterocycles. The minimum Gasteiger partial charge on any atom is -0.318 e. The van der Waals surface area contributed by atoms with E-state index in [1.165, 1.54) is 6.07 Å². The van der Waals surface area contributed by atoms with Crippen LogP contribution in [-0.4, -0.2) is 35.6 Å². The zero-order chi connectivity index (χ0) is 18.1. The predicted octanol–water partition coefficient (Wildman–Crippen LogP) is 2.67. The molecule has 1 fully saturated rings. The van der Waals surface area contributed by atoms with Crippen molar-refractivity contribution in [3.63, 3.8) is 0 Å². The summed E-state index contributed by atoms with van der Waals surface area (Å²) < 4.78 is 27.6. The van der Waals surface area contributed by atoms with Crippen molar-refractivity contribution in [1.29, 1.82) is 0 Å². The molecule has 1 saturated heterocycles. The second kappa shape index (κ2) is 7.93. The van der Waals surface area contributed by atoms with Gasteiger partial charge in [0, 0.05) is 42.5 Å². The van der Waals surface area contributed by atoms with Crippen LogP contribution in [0.4, 0.5) is 4.39 Å². The number of hydrogen-bond acceptors (Lipinski definition) is 4. The van der Waals surface area contributed by atoms with Gasteiger partial charge in [0.2, 0.25) is 0 Å². The molecule has 2 heterocycles. The molecule has 0 saturated carbocycles. The highest BCUT2D eigenvalue weighted by Crippen LogP contribution is 2.45. The van der Waals surface area contributed by atoms with Gasteiger partial charge in [-0.1, -0.05) is 24.3 Å². The number of fused-ring (bicyclic) bond motifs is 1. The van der Waals surface area contributed by atoms with E-state index in [-0.39, 0.29) is 18.0 Å². The standard InChI is InChI=1S/C19H19FN3O2P.ClH/c20-16-6-5-13(12-18(16)26(25)9-7-21-8-10-26)11-17-14-3-1-2-4-15(14)19(24)23-22-17;/h1-6,12,21H,7-11H2,(H,23,24);1H. The van der Waals surface area contributed by atoms with Crippen LogP contribution >= 0.6 is 19.5 Å². The van der Waals surface area contributed by atoms with Crippen LogP contribution in [0.25, 0.3) is 10.8 Å². The summed E-state index contributed by atoms with van der Waals surface area (Å²) in [6.07, 6.45) is 1.39. The first-order valence-electron chi connectivity index (χ1n) is 8.61.